The number of benzene rings is 1. The molecule has 0 spiro atoms. The summed E-state index contributed by atoms with van der Waals surface area (Å²) in [5.41, 5.74) is 0.874. The first-order valence-corrected chi connectivity index (χ1v) is 9.35. The number of piperidine rings is 1. The van der Waals surface area contributed by atoms with Crippen LogP contribution >= 0.6 is 0 Å². The van der Waals surface area contributed by atoms with E-state index < -0.39 is 6.04 Å². The van der Waals surface area contributed by atoms with Crippen LogP contribution in [0.1, 0.15) is 35.4 Å². The van der Waals surface area contributed by atoms with Crippen molar-refractivity contribution in [1.29, 1.82) is 0 Å². The molecule has 1 aromatic carbocycles. The first kappa shape index (κ1) is 19.8. The fourth-order valence-corrected chi connectivity index (χ4v) is 3.54. The van der Waals surface area contributed by atoms with Crippen LogP contribution in [0.4, 0.5) is 0 Å². The van der Waals surface area contributed by atoms with Gasteiger partial charge in [-0.25, -0.2) is 0 Å². The van der Waals surface area contributed by atoms with Gasteiger partial charge in [0, 0.05) is 31.8 Å². The van der Waals surface area contributed by atoms with E-state index in [4.69, 9.17) is 13.9 Å². The van der Waals surface area contributed by atoms with Crippen molar-refractivity contribution in [3.05, 3.63) is 47.9 Å². The molecule has 2 amide bonds. The molecule has 7 heteroatoms. The van der Waals surface area contributed by atoms with Gasteiger partial charge in [0.25, 0.3) is 5.91 Å². The van der Waals surface area contributed by atoms with Crippen LogP contribution in [-0.4, -0.2) is 55.5 Å². The highest BCUT2D eigenvalue weighted by Gasteiger charge is 2.35. The molecule has 1 saturated heterocycles. The number of likely N-dealkylation sites (N-methyl/N-ethyl adjacent to an activating group) is 1. The van der Waals surface area contributed by atoms with Crippen molar-refractivity contribution in [3.8, 4) is 11.5 Å². The third-order valence-electron chi connectivity index (χ3n) is 5.06. The summed E-state index contributed by atoms with van der Waals surface area (Å²) in [4.78, 5) is 29.2. The van der Waals surface area contributed by atoms with Crippen LogP contribution in [0.25, 0.3) is 0 Å². The van der Waals surface area contributed by atoms with Gasteiger partial charge in [0.15, 0.2) is 5.76 Å². The number of nitrogens with zero attached hydrogens (tertiary/aromatic N) is 2. The van der Waals surface area contributed by atoms with Gasteiger partial charge in [-0.1, -0.05) is 0 Å². The quantitative estimate of drug-likeness (QED) is 0.763. The van der Waals surface area contributed by atoms with Gasteiger partial charge in [-0.15, -0.1) is 0 Å². The molecule has 1 aliphatic rings. The number of carbonyl (C=O) groups is 2. The molecule has 28 heavy (non-hydrogen) atoms. The highest BCUT2D eigenvalue weighted by atomic mass is 16.5. The molecule has 3 rings (SSSR count). The molecule has 0 saturated carbocycles. The number of carbonyl (C=O) groups excluding carboxylic acids is 2. The van der Waals surface area contributed by atoms with Gasteiger partial charge in [-0.05, 0) is 43.5 Å². The second kappa shape index (κ2) is 8.82. The van der Waals surface area contributed by atoms with Gasteiger partial charge in [-0.2, -0.15) is 0 Å². The van der Waals surface area contributed by atoms with E-state index in [-0.39, 0.29) is 17.6 Å². The fraction of sp³-hybridized carbons (Fsp3) is 0.429. The summed E-state index contributed by atoms with van der Waals surface area (Å²) in [5.74, 6) is 1.29. The highest BCUT2D eigenvalue weighted by molar-refractivity contribution is 5.95. The summed E-state index contributed by atoms with van der Waals surface area (Å²) in [7, 11) is 4.93. The molecule has 1 atom stereocenters. The number of likely N-dealkylation sites (tertiary alicyclic amines) is 1. The van der Waals surface area contributed by atoms with E-state index in [0.29, 0.717) is 31.0 Å². The number of hydrogen-bond donors (Lipinski definition) is 0. The van der Waals surface area contributed by atoms with Crippen LogP contribution in [0.5, 0.6) is 11.5 Å². The zero-order valence-electron chi connectivity index (χ0n) is 16.5. The predicted molar refractivity (Wildman–Crippen MR) is 103 cm³/mol. The minimum absolute atomic E-state index is 0.0857. The molecule has 1 aromatic heterocycles. The lowest BCUT2D eigenvalue weighted by Gasteiger charge is -2.36. The minimum atomic E-state index is -0.486. The Morgan fingerprint density at radius 3 is 2.71 bits per heavy atom. The number of amides is 2. The van der Waals surface area contributed by atoms with Crippen molar-refractivity contribution in [2.24, 2.45) is 0 Å². The van der Waals surface area contributed by atoms with Gasteiger partial charge in [-0.3, -0.25) is 9.59 Å². The molecule has 2 aromatic rings. The van der Waals surface area contributed by atoms with Crippen LogP contribution in [0, 0.1) is 0 Å². The molecule has 150 valence electrons. The fourth-order valence-electron chi connectivity index (χ4n) is 3.54. The number of ether oxygens (including phenoxy) is 2. The molecule has 1 aliphatic heterocycles. The van der Waals surface area contributed by atoms with Crippen LogP contribution in [0.3, 0.4) is 0 Å². The molecule has 0 N–H and O–H groups in total. The lowest BCUT2D eigenvalue weighted by Crippen LogP contribution is -2.52. The monoisotopic (exact) mass is 386 g/mol. The summed E-state index contributed by atoms with van der Waals surface area (Å²) in [5, 5.41) is 0. The zero-order chi connectivity index (χ0) is 20.1. The van der Waals surface area contributed by atoms with Gasteiger partial charge in [0.05, 0.1) is 20.5 Å². The summed E-state index contributed by atoms with van der Waals surface area (Å²) in [6.07, 6.45) is 3.91. The number of furan rings is 1. The Morgan fingerprint density at radius 1 is 1.21 bits per heavy atom. The van der Waals surface area contributed by atoms with Crippen molar-refractivity contribution in [1.82, 2.24) is 9.80 Å². The predicted octanol–water partition coefficient (Wildman–Crippen LogP) is 2.95. The van der Waals surface area contributed by atoms with Crippen LogP contribution in [0.15, 0.2) is 41.0 Å². The maximum Gasteiger partial charge on any atom is 0.290 e. The van der Waals surface area contributed by atoms with Crippen LogP contribution < -0.4 is 9.47 Å². The van der Waals surface area contributed by atoms with Gasteiger partial charge in [0.2, 0.25) is 5.91 Å². The minimum Gasteiger partial charge on any atom is -0.497 e. The zero-order valence-corrected chi connectivity index (χ0v) is 16.5. The number of methoxy groups -OCH3 is 2. The van der Waals surface area contributed by atoms with Crippen molar-refractivity contribution >= 4 is 11.8 Å². The van der Waals surface area contributed by atoms with Crippen molar-refractivity contribution < 1.29 is 23.5 Å². The van der Waals surface area contributed by atoms with Gasteiger partial charge >= 0.3 is 0 Å². The summed E-state index contributed by atoms with van der Waals surface area (Å²) in [6, 6.07) is 8.33. The first-order chi connectivity index (χ1) is 13.5. The SMILES string of the molecule is COc1ccc(CN(C)C(=O)C2CCCCN2C(=O)c2ccco2)c(OC)c1. The average Bonchev–Trinajstić information content (AvgIpc) is 3.27. The lowest BCUT2D eigenvalue weighted by atomic mass is 10.00. The Balaban J connectivity index is 1.75. The third kappa shape index (κ3) is 4.13. The Kier molecular flexibility index (Phi) is 6.23. The van der Waals surface area contributed by atoms with Crippen molar-refractivity contribution in [2.75, 3.05) is 27.8 Å². The Morgan fingerprint density at radius 2 is 2.04 bits per heavy atom. The van der Waals surface area contributed by atoms with E-state index in [9.17, 15) is 9.59 Å². The third-order valence-corrected chi connectivity index (χ3v) is 5.06. The number of hydrogen-bond acceptors (Lipinski definition) is 5. The lowest BCUT2D eigenvalue weighted by molar-refractivity contribution is -0.136. The molecule has 1 fully saturated rings. The Hall–Kier alpha value is -2.96. The molecule has 7 nitrogen and oxygen atoms in total. The van der Waals surface area contributed by atoms with E-state index in [1.165, 1.54) is 6.26 Å². The maximum absolute atomic E-state index is 13.1. The average molecular weight is 386 g/mol. The van der Waals surface area contributed by atoms with Crippen molar-refractivity contribution in [2.45, 2.75) is 31.8 Å². The number of rotatable bonds is 6. The van der Waals surface area contributed by atoms with Crippen LogP contribution in [0.2, 0.25) is 0 Å². The van der Waals surface area contributed by atoms with Crippen molar-refractivity contribution in [3.63, 3.8) is 0 Å². The topological polar surface area (TPSA) is 72.2 Å². The van der Waals surface area contributed by atoms with E-state index in [1.807, 2.05) is 12.1 Å². The molecular formula is C21H26N2O5. The van der Waals surface area contributed by atoms with E-state index >= 15 is 0 Å². The first-order valence-electron chi connectivity index (χ1n) is 9.35. The van der Waals surface area contributed by atoms with E-state index in [1.54, 1.807) is 49.3 Å². The molecule has 0 bridgehead atoms. The van der Waals surface area contributed by atoms with E-state index in [0.717, 1.165) is 18.4 Å². The Bertz CT molecular complexity index is 818. The largest absolute Gasteiger partial charge is 0.497 e. The highest BCUT2D eigenvalue weighted by Crippen LogP contribution is 2.27. The second-order valence-electron chi connectivity index (χ2n) is 6.86. The molecule has 1 unspecified atom stereocenters. The molecule has 0 radical (unpaired) electrons. The summed E-state index contributed by atoms with van der Waals surface area (Å²) in [6.45, 7) is 0.931. The van der Waals surface area contributed by atoms with Crippen LogP contribution in [-0.2, 0) is 11.3 Å². The van der Waals surface area contributed by atoms with Gasteiger partial charge in [0.1, 0.15) is 17.5 Å². The van der Waals surface area contributed by atoms with Gasteiger partial charge < -0.3 is 23.7 Å². The smallest absolute Gasteiger partial charge is 0.290 e. The Labute approximate surface area is 164 Å². The maximum atomic E-state index is 13.1. The summed E-state index contributed by atoms with van der Waals surface area (Å²) < 4.78 is 15.9. The molecule has 2 heterocycles. The van der Waals surface area contributed by atoms with E-state index in [2.05, 4.69) is 0 Å². The molecule has 0 aliphatic carbocycles. The second-order valence-corrected chi connectivity index (χ2v) is 6.86. The standard InChI is InChI=1S/C21H26N2O5/c1-22(14-15-9-10-16(26-2)13-19(15)27-3)20(24)17-7-4-5-11-23(17)21(25)18-8-6-12-28-18/h6,8-10,12-13,17H,4-5,7,11,14H2,1-3H3. The molecular weight excluding hydrogens is 360 g/mol. The normalized spacial score (nSPS) is 16.5. The summed E-state index contributed by atoms with van der Waals surface area (Å²) >= 11 is 0.